The number of fused-ring (bicyclic) bond motifs is 1. The lowest BCUT2D eigenvalue weighted by Crippen LogP contribution is -2.27. The number of hydrogen-bond donors (Lipinski definition) is 0. The molecular formula is C20H17BrN4O2S. The number of thioether (sulfide) groups is 1. The lowest BCUT2D eigenvalue weighted by atomic mass is 10.1. The van der Waals surface area contributed by atoms with Crippen molar-refractivity contribution in [3.8, 4) is 0 Å². The van der Waals surface area contributed by atoms with Crippen molar-refractivity contribution >= 4 is 38.6 Å². The molecule has 142 valence electrons. The first kappa shape index (κ1) is 18.9. The van der Waals surface area contributed by atoms with E-state index in [9.17, 15) is 4.79 Å². The van der Waals surface area contributed by atoms with E-state index in [2.05, 4.69) is 26.1 Å². The monoisotopic (exact) mass is 456 g/mol. The van der Waals surface area contributed by atoms with Crippen LogP contribution in [0.2, 0.25) is 0 Å². The molecule has 1 atom stereocenters. The summed E-state index contributed by atoms with van der Waals surface area (Å²) in [6.45, 7) is 3.76. The highest BCUT2D eigenvalue weighted by molar-refractivity contribution is 9.10. The van der Waals surface area contributed by atoms with Crippen LogP contribution in [0.5, 0.6) is 0 Å². The second-order valence-electron chi connectivity index (χ2n) is 6.34. The third-order valence-electron chi connectivity index (χ3n) is 4.40. The van der Waals surface area contributed by atoms with Gasteiger partial charge in [0.25, 0.3) is 5.56 Å². The van der Waals surface area contributed by atoms with Gasteiger partial charge in [0.15, 0.2) is 11.0 Å². The zero-order valence-corrected chi connectivity index (χ0v) is 17.7. The van der Waals surface area contributed by atoms with Gasteiger partial charge in [0, 0.05) is 11.4 Å². The fraction of sp³-hybridized carbons (Fsp3) is 0.200. The van der Waals surface area contributed by atoms with Gasteiger partial charge >= 0.3 is 0 Å². The van der Waals surface area contributed by atoms with Gasteiger partial charge in [0.2, 0.25) is 5.89 Å². The molecule has 2 aromatic carbocycles. The molecule has 28 heavy (non-hydrogen) atoms. The molecular weight excluding hydrogens is 440 g/mol. The van der Waals surface area contributed by atoms with Gasteiger partial charge in [0.05, 0.1) is 22.7 Å². The fourth-order valence-electron chi connectivity index (χ4n) is 3.00. The first-order chi connectivity index (χ1) is 13.5. The predicted molar refractivity (Wildman–Crippen MR) is 113 cm³/mol. The zero-order chi connectivity index (χ0) is 19.7. The molecule has 0 N–H and O–H groups in total. The van der Waals surface area contributed by atoms with Crippen LogP contribution in [0, 0.1) is 6.92 Å². The third kappa shape index (κ3) is 3.74. The topological polar surface area (TPSA) is 73.8 Å². The van der Waals surface area contributed by atoms with E-state index >= 15 is 0 Å². The van der Waals surface area contributed by atoms with Crippen molar-refractivity contribution in [1.29, 1.82) is 0 Å². The molecule has 4 aromatic rings. The molecule has 0 aliphatic rings. The zero-order valence-electron chi connectivity index (χ0n) is 15.3. The molecule has 0 aliphatic heterocycles. The van der Waals surface area contributed by atoms with E-state index < -0.39 is 0 Å². The summed E-state index contributed by atoms with van der Waals surface area (Å²) in [5.74, 6) is 1.56. The number of rotatable bonds is 5. The molecule has 0 aliphatic carbocycles. The van der Waals surface area contributed by atoms with Crippen molar-refractivity contribution in [2.45, 2.75) is 30.8 Å². The van der Waals surface area contributed by atoms with Crippen LogP contribution in [0.25, 0.3) is 10.9 Å². The number of halogens is 1. The minimum absolute atomic E-state index is 0.0746. The van der Waals surface area contributed by atoms with E-state index in [1.165, 1.54) is 11.8 Å². The van der Waals surface area contributed by atoms with Gasteiger partial charge in [-0.15, -0.1) is 0 Å². The largest absolute Gasteiger partial charge is 0.340 e. The van der Waals surface area contributed by atoms with Crippen LogP contribution >= 0.6 is 27.7 Å². The van der Waals surface area contributed by atoms with E-state index in [-0.39, 0.29) is 11.6 Å². The fourth-order valence-corrected chi connectivity index (χ4v) is 4.28. The van der Waals surface area contributed by atoms with Crippen molar-refractivity contribution in [2.75, 3.05) is 0 Å². The quantitative estimate of drug-likeness (QED) is 0.318. The van der Waals surface area contributed by atoms with Crippen LogP contribution in [0.3, 0.4) is 0 Å². The Morgan fingerprint density at radius 2 is 1.96 bits per heavy atom. The molecule has 0 fully saturated rings. The SMILES string of the molecule is Cc1nc(CSc2nc3ccc(Br)cc3c(=O)n2C(C)c2ccccc2)no1. The Bertz CT molecular complexity index is 1190. The van der Waals surface area contributed by atoms with Gasteiger partial charge in [-0.3, -0.25) is 9.36 Å². The molecule has 0 saturated heterocycles. The van der Waals surface area contributed by atoms with E-state index in [1.54, 1.807) is 11.5 Å². The molecule has 4 rings (SSSR count). The molecule has 2 heterocycles. The van der Waals surface area contributed by atoms with Gasteiger partial charge in [-0.25, -0.2) is 4.98 Å². The highest BCUT2D eigenvalue weighted by Gasteiger charge is 2.19. The van der Waals surface area contributed by atoms with Crippen LogP contribution < -0.4 is 5.56 Å². The summed E-state index contributed by atoms with van der Waals surface area (Å²) in [6.07, 6.45) is 0. The molecule has 1 unspecified atom stereocenters. The maximum absolute atomic E-state index is 13.4. The minimum Gasteiger partial charge on any atom is -0.340 e. The van der Waals surface area contributed by atoms with Crippen molar-refractivity contribution in [2.24, 2.45) is 0 Å². The maximum atomic E-state index is 13.4. The summed E-state index contributed by atoms with van der Waals surface area (Å²) in [5.41, 5.74) is 1.63. The lowest BCUT2D eigenvalue weighted by molar-refractivity contribution is 0.389. The Hall–Kier alpha value is -2.45. The molecule has 2 aromatic heterocycles. The summed E-state index contributed by atoms with van der Waals surface area (Å²) < 4.78 is 7.62. The predicted octanol–water partition coefficient (Wildman–Crippen LogP) is 4.75. The Morgan fingerprint density at radius 3 is 2.68 bits per heavy atom. The number of hydrogen-bond acceptors (Lipinski definition) is 6. The smallest absolute Gasteiger partial charge is 0.262 e. The summed E-state index contributed by atoms with van der Waals surface area (Å²) in [4.78, 5) is 22.4. The van der Waals surface area contributed by atoms with Crippen LogP contribution in [-0.2, 0) is 5.75 Å². The maximum Gasteiger partial charge on any atom is 0.262 e. The highest BCUT2D eigenvalue weighted by Crippen LogP contribution is 2.27. The van der Waals surface area contributed by atoms with Crippen molar-refractivity contribution in [3.63, 3.8) is 0 Å². The number of benzene rings is 2. The summed E-state index contributed by atoms with van der Waals surface area (Å²) >= 11 is 4.87. The Kier molecular flexibility index (Phi) is 5.32. The summed E-state index contributed by atoms with van der Waals surface area (Å²) in [5, 5.41) is 5.14. The number of aromatic nitrogens is 4. The molecule has 0 radical (unpaired) electrons. The van der Waals surface area contributed by atoms with Crippen LogP contribution in [0.1, 0.15) is 30.2 Å². The van der Waals surface area contributed by atoms with Crippen LogP contribution in [0.4, 0.5) is 0 Å². The standard InChI is InChI=1S/C20H17BrN4O2S/c1-12(14-6-4-3-5-7-14)25-19(26)16-10-15(21)8-9-17(16)23-20(25)28-11-18-22-13(2)27-24-18/h3-10,12H,11H2,1-2H3. The van der Waals surface area contributed by atoms with E-state index in [4.69, 9.17) is 9.51 Å². The first-order valence-electron chi connectivity index (χ1n) is 8.71. The van der Waals surface area contributed by atoms with E-state index in [0.717, 1.165) is 10.0 Å². The molecule has 6 nitrogen and oxygen atoms in total. The van der Waals surface area contributed by atoms with Crippen LogP contribution in [-0.4, -0.2) is 19.7 Å². The van der Waals surface area contributed by atoms with Gasteiger partial charge in [0.1, 0.15) is 0 Å². The molecule has 8 heteroatoms. The Labute approximate surface area is 174 Å². The Balaban J connectivity index is 1.83. The van der Waals surface area contributed by atoms with E-state index in [1.807, 2.05) is 55.5 Å². The van der Waals surface area contributed by atoms with E-state index in [0.29, 0.717) is 33.5 Å². The third-order valence-corrected chi connectivity index (χ3v) is 5.84. The van der Waals surface area contributed by atoms with Gasteiger partial charge in [-0.2, -0.15) is 4.98 Å². The van der Waals surface area contributed by atoms with Gasteiger partial charge in [-0.05, 0) is 30.7 Å². The average Bonchev–Trinajstić information content (AvgIpc) is 3.12. The second-order valence-corrected chi connectivity index (χ2v) is 8.19. The Morgan fingerprint density at radius 1 is 1.18 bits per heavy atom. The number of aryl methyl sites for hydroxylation is 1. The minimum atomic E-state index is -0.168. The number of nitrogens with zero attached hydrogens (tertiary/aromatic N) is 4. The summed E-state index contributed by atoms with van der Waals surface area (Å²) in [7, 11) is 0. The molecule has 0 saturated carbocycles. The highest BCUT2D eigenvalue weighted by atomic mass is 79.9. The van der Waals surface area contributed by atoms with Crippen molar-refractivity contribution in [3.05, 3.63) is 80.6 Å². The van der Waals surface area contributed by atoms with Gasteiger partial charge < -0.3 is 4.52 Å². The van der Waals surface area contributed by atoms with Gasteiger partial charge in [-0.1, -0.05) is 63.2 Å². The van der Waals surface area contributed by atoms with Crippen LogP contribution in [0.15, 0.2) is 67.5 Å². The molecule has 0 spiro atoms. The molecule has 0 amide bonds. The second kappa shape index (κ2) is 7.89. The first-order valence-corrected chi connectivity index (χ1v) is 10.5. The average molecular weight is 457 g/mol. The summed E-state index contributed by atoms with van der Waals surface area (Å²) in [6, 6.07) is 15.3. The van der Waals surface area contributed by atoms with Crippen molar-refractivity contribution in [1.82, 2.24) is 19.7 Å². The lowest BCUT2D eigenvalue weighted by Gasteiger charge is -2.19. The van der Waals surface area contributed by atoms with Crippen molar-refractivity contribution < 1.29 is 4.52 Å². The normalized spacial score (nSPS) is 12.4. The molecule has 0 bridgehead atoms.